The molecule has 0 unspecified atom stereocenters. The summed E-state index contributed by atoms with van der Waals surface area (Å²) in [5.74, 6) is 0. The Hall–Kier alpha value is -0.480. The number of alkyl halides is 1. The second-order valence-electron chi connectivity index (χ2n) is 5.08. The fourth-order valence-electron chi connectivity index (χ4n) is 1.55. The summed E-state index contributed by atoms with van der Waals surface area (Å²) < 4.78 is 14.2. The second kappa shape index (κ2) is 5.91. The highest BCUT2D eigenvalue weighted by molar-refractivity contribution is 9.10. The zero-order valence-electron chi connectivity index (χ0n) is 10.9. The van der Waals surface area contributed by atoms with Crippen LogP contribution in [0.15, 0.2) is 16.7 Å². The summed E-state index contributed by atoms with van der Waals surface area (Å²) in [6, 6.07) is 4.00. The molecular formula is C13H20BrFN2. The van der Waals surface area contributed by atoms with Gasteiger partial charge >= 0.3 is 0 Å². The third kappa shape index (κ3) is 5.59. The summed E-state index contributed by atoms with van der Waals surface area (Å²) in [7, 11) is 2.01. The zero-order chi connectivity index (χ0) is 13.1. The smallest absolute Gasteiger partial charge is 0.106 e. The molecule has 0 aliphatic heterocycles. The first-order valence-corrected chi connectivity index (χ1v) is 6.57. The molecule has 0 amide bonds. The predicted octanol–water partition coefficient (Wildman–Crippen LogP) is 3.72. The van der Waals surface area contributed by atoms with Crippen molar-refractivity contribution in [1.29, 1.82) is 0 Å². The minimum atomic E-state index is -1.10. The van der Waals surface area contributed by atoms with Gasteiger partial charge in [-0.3, -0.25) is 0 Å². The van der Waals surface area contributed by atoms with Gasteiger partial charge in [0.05, 0.1) is 0 Å². The molecule has 4 heteroatoms. The van der Waals surface area contributed by atoms with Crippen molar-refractivity contribution in [3.8, 4) is 0 Å². The summed E-state index contributed by atoms with van der Waals surface area (Å²) in [6.07, 6.45) is 0.548. The Morgan fingerprint density at radius 1 is 1.41 bits per heavy atom. The number of halogens is 2. The van der Waals surface area contributed by atoms with E-state index in [1.165, 1.54) is 5.56 Å². The summed E-state index contributed by atoms with van der Waals surface area (Å²) in [5.41, 5.74) is 1.11. The van der Waals surface area contributed by atoms with Crippen LogP contribution in [0.5, 0.6) is 0 Å². The van der Waals surface area contributed by atoms with Crippen LogP contribution in [0.1, 0.15) is 31.5 Å². The Morgan fingerprint density at radius 2 is 2.06 bits per heavy atom. The number of hydrogen-bond acceptors (Lipinski definition) is 2. The lowest BCUT2D eigenvalue weighted by molar-refractivity contribution is 0.170. The predicted molar refractivity (Wildman–Crippen MR) is 72.8 cm³/mol. The molecule has 1 aromatic heterocycles. The van der Waals surface area contributed by atoms with E-state index >= 15 is 0 Å². The molecule has 0 aliphatic carbocycles. The second-order valence-corrected chi connectivity index (χ2v) is 5.90. The van der Waals surface area contributed by atoms with Gasteiger partial charge in [0.15, 0.2) is 0 Å². The molecular weight excluding hydrogens is 283 g/mol. The molecule has 0 N–H and O–H groups in total. The summed E-state index contributed by atoms with van der Waals surface area (Å²) >= 11 is 3.35. The van der Waals surface area contributed by atoms with Crippen LogP contribution in [0, 0.1) is 6.92 Å². The molecule has 0 spiro atoms. The van der Waals surface area contributed by atoms with Gasteiger partial charge in [0.25, 0.3) is 0 Å². The van der Waals surface area contributed by atoms with Gasteiger partial charge in [0, 0.05) is 18.8 Å². The lowest BCUT2D eigenvalue weighted by Gasteiger charge is -2.21. The minimum Gasteiger partial charge on any atom is -0.302 e. The topological polar surface area (TPSA) is 16.1 Å². The van der Waals surface area contributed by atoms with Crippen LogP contribution in [0.2, 0.25) is 0 Å². The molecule has 0 bridgehead atoms. The van der Waals surface area contributed by atoms with Gasteiger partial charge in [-0.15, -0.1) is 0 Å². The first-order valence-electron chi connectivity index (χ1n) is 5.77. The van der Waals surface area contributed by atoms with Crippen molar-refractivity contribution >= 4 is 15.9 Å². The van der Waals surface area contributed by atoms with Gasteiger partial charge < -0.3 is 4.90 Å². The van der Waals surface area contributed by atoms with Gasteiger partial charge in [-0.25, -0.2) is 9.37 Å². The van der Waals surface area contributed by atoms with Crippen LogP contribution in [-0.2, 0) is 6.54 Å². The van der Waals surface area contributed by atoms with E-state index in [0.29, 0.717) is 6.42 Å². The third-order valence-corrected chi connectivity index (χ3v) is 3.13. The van der Waals surface area contributed by atoms with E-state index in [-0.39, 0.29) is 0 Å². The van der Waals surface area contributed by atoms with Crippen molar-refractivity contribution < 1.29 is 4.39 Å². The molecule has 0 fully saturated rings. The summed E-state index contributed by atoms with van der Waals surface area (Å²) in [6.45, 7) is 6.79. The summed E-state index contributed by atoms with van der Waals surface area (Å²) in [5, 5.41) is 0. The van der Waals surface area contributed by atoms with Crippen molar-refractivity contribution in [3.63, 3.8) is 0 Å². The number of aryl methyl sites for hydroxylation is 1. The zero-order valence-corrected chi connectivity index (χ0v) is 12.5. The molecule has 1 heterocycles. The third-order valence-electron chi connectivity index (χ3n) is 2.69. The van der Waals surface area contributed by atoms with E-state index in [9.17, 15) is 4.39 Å². The Labute approximate surface area is 111 Å². The van der Waals surface area contributed by atoms with E-state index in [2.05, 4.69) is 31.9 Å². The summed E-state index contributed by atoms with van der Waals surface area (Å²) in [4.78, 5) is 6.48. The van der Waals surface area contributed by atoms with Crippen LogP contribution in [0.25, 0.3) is 0 Å². The number of rotatable bonds is 5. The molecule has 1 rings (SSSR count). The first-order chi connectivity index (χ1) is 7.78. The molecule has 0 aromatic carbocycles. The Bertz CT molecular complexity index is 374. The van der Waals surface area contributed by atoms with Gasteiger partial charge in [-0.1, -0.05) is 6.07 Å². The van der Waals surface area contributed by atoms with Gasteiger partial charge in [-0.05, 0) is 61.8 Å². The van der Waals surface area contributed by atoms with Gasteiger partial charge in [-0.2, -0.15) is 0 Å². The highest BCUT2D eigenvalue weighted by Crippen LogP contribution is 2.16. The fourth-order valence-corrected chi connectivity index (χ4v) is 1.95. The number of pyridine rings is 1. The highest BCUT2D eigenvalue weighted by Gasteiger charge is 2.16. The molecule has 0 radical (unpaired) electrons. The molecule has 17 heavy (non-hydrogen) atoms. The standard InChI is InChI=1S/C13H20BrFN2/c1-10-11(5-6-12(14)16-10)9-17(4)8-7-13(2,3)15/h5-6H,7-9H2,1-4H3. The molecule has 1 aromatic rings. The molecule has 0 saturated heterocycles. The maximum Gasteiger partial charge on any atom is 0.106 e. The quantitative estimate of drug-likeness (QED) is 0.771. The molecule has 0 atom stereocenters. The van der Waals surface area contributed by atoms with Crippen LogP contribution >= 0.6 is 15.9 Å². The van der Waals surface area contributed by atoms with Crippen molar-refractivity contribution in [1.82, 2.24) is 9.88 Å². The maximum absolute atomic E-state index is 13.4. The Kier molecular flexibility index (Phi) is 5.07. The van der Waals surface area contributed by atoms with E-state index in [1.54, 1.807) is 13.8 Å². The first kappa shape index (κ1) is 14.6. The Morgan fingerprint density at radius 3 is 2.59 bits per heavy atom. The van der Waals surface area contributed by atoms with Crippen LogP contribution < -0.4 is 0 Å². The van der Waals surface area contributed by atoms with Crippen molar-refractivity contribution in [2.24, 2.45) is 0 Å². The average molecular weight is 303 g/mol. The molecule has 96 valence electrons. The largest absolute Gasteiger partial charge is 0.302 e. The van der Waals surface area contributed by atoms with Crippen LogP contribution in [-0.4, -0.2) is 29.1 Å². The normalized spacial score (nSPS) is 12.2. The fraction of sp³-hybridized carbons (Fsp3) is 0.615. The Balaban J connectivity index is 2.53. The molecule has 2 nitrogen and oxygen atoms in total. The van der Waals surface area contributed by atoms with Crippen LogP contribution in [0.3, 0.4) is 0 Å². The lowest BCUT2D eigenvalue weighted by atomic mass is 10.1. The van der Waals surface area contributed by atoms with Gasteiger partial charge in [0.2, 0.25) is 0 Å². The highest BCUT2D eigenvalue weighted by atomic mass is 79.9. The SMILES string of the molecule is Cc1nc(Br)ccc1CN(C)CCC(C)(C)F. The average Bonchev–Trinajstić information content (AvgIpc) is 2.18. The van der Waals surface area contributed by atoms with E-state index in [1.807, 2.05) is 20.0 Å². The maximum atomic E-state index is 13.4. The number of hydrogen-bond donors (Lipinski definition) is 0. The monoisotopic (exact) mass is 302 g/mol. The molecule has 0 aliphatic rings. The van der Waals surface area contributed by atoms with Crippen molar-refractivity contribution in [3.05, 3.63) is 28.0 Å². The van der Waals surface area contributed by atoms with E-state index in [0.717, 1.165) is 23.4 Å². The minimum absolute atomic E-state index is 0.548. The van der Waals surface area contributed by atoms with Crippen molar-refractivity contribution in [2.45, 2.75) is 39.4 Å². The van der Waals surface area contributed by atoms with Crippen molar-refractivity contribution in [2.75, 3.05) is 13.6 Å². The lowest BCUT2D eigenvalue weighted by Crippen LogP contribution is -2.25. The molecule has 0 saturated carbocycles. The van der Waals surface area contributed by atoms with Crippen LogP contribution in [0.4, 0.5) is 4.39 Å². The van der Waals surface area contributed by atoms with E-state index in [4.69, 9.17) is 0 Å². The number of aromatic nitrogens is 1. The number of nitrogens with zero attached hydrogens (tertiary/aromatic N) is 2. The van der Waals surface area contributed by atoms with Gasteiger partial charge in [0.1, 0.15) is 10.3 Å². The van der Waals surface area contributed by atoms with E-state index < -0.39 is 5.67 Å².